The molecule has 1 aromatic rings. The van der Waals surface area contributed by atoms with Crippen molar-refractivity contribution in [2.45, 2.75) is 19.8 Å². The van der Waals surface area contributed by atoms with Gasteiger partial charge in [-0.25, -0.2) is 13.2 Å². The molecule has 0 aliphatic carbocycles. The van der Waals surface area contributed by atoms with Crippen LogP contribution < -0.4 is 9.46 Å². The van der Waals surface area contributed by atoms with Crippen molar-refractivity contribution in [3.05, 3.63) is 23.8 Å². The molecule has 0 unspecified atom stereocenters. The molecule has 0 radical (unpaired) electrons. The first-order chi connectivity index (χ1) is 8.91. The molecule has 0 aromatic heterocycles. The van der Waals surface area contributed by atoms with Crippen molar-refractivity contribution in [3.63, 3.8) is 0 Å². The fourth-order valence-corrected chi connectivity index (χ4v) is 2.84. The monoisotopic (exact) mass is 287 g/mol. The molecular formula is C12H17NO5S. The van der Waals surface area contributed by atoms with Crippen molar-refractivity contribution in [3.8, 4) is 5.75 Å². The second-order valence-corrected chi connectivity index (χ2v) is 5.80. The van der Waals surface area contributed by atoms with Gasteiger partial charge in [0.1, 0.15) is 11.3 Å². The van der Waals surface area contributed by atoms with Crippen molar-refractivity contribution in [1.29, 1.82) is 0 Å². The number of carbonyl (C=O) groups is 1. The summed E-state index contributed by atoms with van der Waals surface area (Å²) in [6, 6.07) is 4.39. The summed E-state index contributed by atoms with van der Waals surface area (Å²) in [5.74, 6) is -1.17. The molecule has 0 amide bonds. The number of methoxy groups -OCH3 is 1. The van der Waals surface area contributed by atoms with Gasteiger partial charge in [0, 0.05) is 0 Å². The van der Waals surface area contributed by atoms with Crippen LogP contribution in [0.1, 0.15) is 30.1 Å². The highest BCUT2D eigenvalue weighted by Crippen LogP contribution is 2.27. The van der Waals surface area contributed by atoms with Gasteiger partial charge in [0.2, 0.25) is 10.0 Å². The third kappa shape index (κ3) is 4.13. The van der Waals surface area contributed by atoms with Gasteiger partial charge in [0.15, 0.2) is 0 Å². The highest BCUT2D eigenvalue weighted by molar-refractivity contribution is 7.92. The van der Waals surface area contributed by atoms with E-state index in [1.807, 2.05) is 6.92 Å². The lowest BCUT2D eigenvalue weighted by molar-refractivity contribution is 0.0694. The summed E-state index contributed by atoms with van der Waals surface area (Å²) in [5.41, 5.74) is -0.173. The fraction of sp³-hybridized carbons (Fsp3) is 0.417. The van der Waals surface area contributed by atoms with Gasteiger partial charge in [-0.3, -0.25) is 4.72 Å². The molecule has 0 atom stereocenters. The van der Waals surface area contributed by atoms with Crippen molar-refractivity contribution in [1.82, 2.24) is 0 Å². The molecule has 2 N–H and O–H groups in total. The molecule has 0 fully saturated rings. The molecule has 0 saturated carbocycles. The van der Waals surface area contributed by atoms with E-state index in [4.69, 9.17) is 9.84 Å². The van der Waals surface area contributed by atoms with Gasteiger partial charge in [-0.05, 0) is 18.6 Å². The summed E-state index contributed by atoms with van der Waals surface area (Å²) in [4.78, 5) is 11.2. The maximum Gasteiger partial charge on any atom is 0.341 e. The van der Waals surface area contributed by atoms with E-state index >= 15 is 0 Å². The molecule has 7 heteroatoms. The number of carboxylic acid groups (broad SMARTS) is 1. The topological polar surface area (TPSA) is 92.7 Å². The van der Waals surface area contributed by atoms with Gasteiger partial charge in [-0.2, -0.15) is 0 Å². The number of hydrogen-bond acceptors (Lipinski definition) is 4. The van der Waals surface area contributed by atoms with E-state index in [0.29, 0.717) is 6.42 Å². The number of anilines is 1. The Hall–Kier alpha value is -1.76. The molecular weight excluding hydrogens is 270 g/mol. The number of ether oxygens (including phenoxy) is 1. The Bertz CT molecular complexity index is 553. The second-order valence-electron chi connectivity index (χ2n) is 3.96. The van der Waals surface area contributed by atoms with Crippen molar-refractivity contribution >= 4 is 21.7 Å². The Morgan fingerprint density at radius 3 is 2.63 bits per heavy atom. The average Bonchev–Trinajstić information content (AvgIpc) is 2.35. The quantitative estimate of drug-likeness (QED) is 0.799. The summed E-state index contributed by atoms with van der Waals surface area (Å²) in [6.07, 6.45) is 1.26. The van der Waals surface area contributed by atoms with Crippen LogP contribution in [0.3, 0.4) is 0 Å². The van der Waals surface area contributed by atoms with Gasteiger partial charge in [0.25, 0.3) is 0 Å². The van der Waals surface area contributed by atoms with E-state index in [1.165, 1.54) is 25.3 Å². The van der Waals surface area contributed by atoms with E-state index in [1.54, 1.807) is 0 Å². The van der Waals surface area contributed by atoms with Gasteiger partial charge in [-0.1, -0.05) is 19.4 Å². The van der Waals surface area contributed by atoms with E-state index in [2.05, 4.69) is 4.72 Å². The summed E-state index contributed by atoms with van der Waals surface area (Å²) in [5, 5.41) is 9.14. The Kier molecular flexibility index (Phi) is 5.17. The molecule has 0 bridgehead atoms. The summed E-state index contributed by atoms with van der Waals surface area (Å²) >= 11 is 0. The zero-order chi connectivity index (χ0) is 14.5. The van der Waals surface area contributed by atoms with Crippen LogP contribution in [-0.4, -0.2) is 32.4 Å². The molecule has 6 nitrogen and oxygen atoms in total. The first-order valence-corrected chi connectivity index (χ1v) is 7.47. The Balaban J connectivity index is 3.11. The number of carboxylic acids is 1. The highest BCUT2D eigenvalue weighted by atomic mass is 32.2. The van der Waals surface area contributed by atoms with E-state index in [-0.39, 0.29) is 22.8 Å². The van der Waals surface area contributed by atoms with E-state index < -0.39 is 16.0 Å². The van der Waals surface area contributed by atoms with Crippen LogP contribution >= 0.6 is 0 Å². The number of hydrogen-bond donors (Lipinski definition) is 2. The normalized spacial score (nSPS) is 11.1. The summed E-state index contributed by atoms with van der Waals surface area (Å²) < 4.78 is 30.8. The van der Waals surface area contributed by atoms with Crippen molar-refractivity contribution in [2.24, 2.45) is 0 Å². The minimum Gasteiger partial charge on any atom is -0.496 e. The lowest BCUT2D eigenvalue weighted by Gasteiger charge is -2.12. The third-order valence-electron chi connectivity index (χ3n) is 2.49. The molecule has 0 aliphatic heterocycles. The number of sulfonamides is 1. The maximum atomic E-state index is 11.8. The zero-order valence-corrected chi connectivity index (χ0v) is 11.7. The number of benzene rings is 1. The zero-order valence-electron chi connectivity index (χ0n) is 10.8. The number of nitrogens with one attached hydrogen (secondary N) is 1. The predicted molar refractivity (Wildman–Crippen MR) is 72.3 cm³/mol. The second kappa shape index (κ2) is 6.42. The Labute approximate surface area is 112 Å². The van der Waals surface area contributed by atoms with Gasteiger partial charge < -0.3 is 9.84 Å². The van der Waals surface area contributed by atoms with Gasteiger partial charge >= 0.3 is 5.97 Å². The van der Waals surface area contributed by atoms with Crippen molar-refractivity contribution in [2.75, 3.05) is 17.6 Å². The lowest BCUT2D eigenvalue weighted by atomic mass is 10.1. The lowest BCUT2D eigenvalue weighted by Crippen LogP contribution is -2.18. The highest BCUT2D eigenvalue weighted by Gasteiger charge is 2.19. The van der Waals surface area contributed by atoms with Crippen LogP contribution in [-0.2, 0) is 10.0 Å². The average molecular weight is 287 g/mol. The molecule has 1 aromatic carbocycles. The first-order valence-electron chi connectivity index (χ1n) is 5.82. The number of unbranched alkanes of at least 4 members (excludes halogenated alkanes) is 1. The standard InChI is InChI=1S/C12H17NO5S/c1-3-4-8-19(16,17)13-9-6-5-7-10(18-2)11(9)12(14)15/h5-7,13H,3-4,8H2,1-2H3,(H,14,15). The SMILES string of the molecule is CCCCS(=O)(=O)Nc1cccc(OC)c1C(=O)O. The number of aromatic carboxylic acids is 1. The van der Waals surface area contributed by atoms with Gasteiger partial charge in [-0.15, -0.1) is 0 Å². The predicted octanol–water partition coefficient (Wildman–Crippen LogP) is 1.94. The maximum absolute atomic E-state index is 11.8. The van der Waals surface area contributed by atoms with Crippen LogP contribution in [0.5, 0.6) is 5.75 Å². The number of rotatable bonds is 7. The summed E-state index contributed by atoms with van der Waals surface area (Å²) in [6.45, 7) is 1.88. The smallest absolute Gasteiger partial charge is 0.341 e. The largest absolute Gasteiger partial charge is 0.496 e. The minimum absolute atomic E-state index is 0.0166. The molecule has 106 valence electrons. The minimum atomic E-state index is -3.55. The van der Waals surface area contributed by atoms with Crippen LogP contribution in [0.15, 0.2) is 18.2 Å². The molecule has 1 rings (SSSR count). The van der Waals surface area contributed by atoms with Crippen LogP contribution in [0, 0.1) is 0 Å². The van der Waals surface area contributed by atoms with E-state index in [9.17, 15) is 13.2 Å². The summed E-state index contributed by atoms with van der Waals surface area (Å²) in [7, 11) is -2.22. The third-order valence-corrected chi connectivity index (χ3v) is 3.85. The van der Waals surface area contributed by atoms with Crippen LogP contribution in [0.4, 0.5) is 5.69 Å². The van der Waals surface area contributed by atoms with Gasteiger partial charge in [0.05, 0.1) is 18.6 Å². The molecule has 0 saturated heterocycles. The van der Waals surface area contributed by atoms with Crippen LogP contribution in [0.25, 0.3) is 0 Å². The fourth-order valence-electron chi connectivity index (χ4n) is 1.56. The van der Waals surface area contributed by atoms with Crippen LogP contribution in [0.2, 0.25) is 0 Å². The first kappa shape index (κ1) is 15.3. The van der Waals surface area contributed by atoms with Crippen molar-refractivity contribution < 1.29 is 23.1 Å². The molecule has 0 spiro atoms. The molecule has 19 heavy (non-hydrogen) atoms. The molecule has 0 heterocycles. The Morgan fingerprint density at radius 1 is 1.42 bits per heavy atom. The Morgan fingerprint density at radius 2 is 2.11 bits per heavy atom. The molecule has 0 aliphatic rings. The van der Waals surface area contributed by atoms with E-state index in [0.717, 1.165) is 6.42 Å².